The Hall–Kier alpha value is -3.06. The largest absolute Gasteiger partial charge is 0.396 e. The lowest BCUT2D eigenvalue weighted by atomic mass is 10.0. The highest BCUT2D eigenvalue weighted by Crippen LogP contribution is 2.34. The van der Waals surface area contributed by atoms with Crippen LogP contribution in [0.5, 0.6) is 0 Å². The lowest BCUT2D eigenvalue weighted by molar-refractivity contribution is 0.226. The number of benzene rings is 1. The van der Waals surface area contributed by atoms with Gasteiger partial charge in [-0.1, -0.05) is 37.3 Å². The van der Waals surface area contributed by atoms with Gasteiger partial charge in [0.2, 0.25) is 0 Å². The second-order valence-corrected chi connectivity index (χ2v) is 7.75. The third-order valence-electron chi connectivity index (χ3n) is 6.04. The zero-order valence-corrected chi connectivity index (χ0v) is 16.3. The van der Waals surface area contributed by atoms with Crippen molar-refractivity contribution in [3.63, 3.8) is 0 Å². The first-order valence-electron chi connectivity index (χ1n) is 10.2. The smallest absolute Gasteiger partial charge is 0.280 e. The number of aliphatic hydroxyl groups is 1. The van der Waals surface area contributed by atoms with Gasteiger partial charge in [-0.25, -0.2) is 4.52 Å². The maximum Gasteiger partial charge on any atom is 0.280 e. The van der Waals surface area contributed by atoms with Crippen LogP contribution in [-0.4, -0.2) is 36.1 Å². The average Bonchev–Trinajstić information content (AvgIpc) is 3.39. The van der Waals surface area contributed by atoms with Crippen molar-refractivity contribution >= 4 is 16.7 Å². The summed E-state index contributed by atoms with van der Waals surface area (Å²) < 4.78 is 3.50. The van der Waals surface area contributed by atoms with Crippen molar-refractivity contribution in [2.45, 2.75) is 38.6 Å². The maximum atomic E-state index is 13.1. The summed E-state index contributed by atoms with van der Waals surface area (Å²) in [5.41, 5.74) is 4.47. The molecule has 2 unspecified atom stereocenters. The molecule has 2 atom stereocenters. The van der Waals surface area contributed by atoms with Gasteiger partial charge >= 0.3 is 0 Å². The van der Waals surface area contributed by atoms with Gasteiger partial charge in [0.05, 0.1) is 11.3 Å². The standard InChI is InChI=1S/C22H23N5O2/c1-2-17-19(15-6-4-3-5-7-15)21-24-23-20-18(27(21)25-17)10-11-26(22(20)29)16-9-8-14(12-16)13-28/h3-7,10-11,14,16,28H,2,8-9,12-13H2,1H3. The van der Waals surface area contributed by atoms with E-state index in [0.29, 0.717) is 16.7 Å². The van der Waals surface area contributed by atoms with Crippen molar-refractivity contribution < 1.29 is 5.11 Å². The van der Waals surface area contributed by atoms with Crippen molar-refractivity contribution in [1.29, 1.82) is 0 Å². The summed E-state index contributed by atoms with van der Waals surface area (Å²) >= 11 is 0. The molecule has 148 valence electrons. The molecule has 3 heterocycles. The summed E-state index contributed by atoms with van der Waals surface area (Å²) in [5, 5.41) is 22.9. The van der Waals surface area contributed by atoms with Gasteiger partial charge in [0, 0.05) is 18.8 Å². The van der Waals surface area contributed by atoms with E-state index in [1.165, 1.54) is 0 Å². The second-order valence-electron chi connectivity index (χ2n) is 7.75. The number of pyridine rings is 1. The SMILES string of the molecule is CCc1nn2c(nnc3c(=O)n(C4CCC(CO)C4)ccc32)c1-c1ccccc1. The van der Waals surface area contributed by atoms with E-state index in [4.69, 9.17) is 5.10 Å². The number of aryl methyl sites for hydroxylation is 1. The van der Waals surface area contributed by atoms with Crippen LogP contribution in [0.2, 0.25) is 0 Å². The van der Waals surface area contributed by atoms with Crippen LogP contribution < -0.4 is 5.56 Å². The van der Waals surface area contributed by atoms with E-state index in [2.05, 4.69) is 17.1 Å². The van der Waals surface area contributed by atoms with Gasteiger partial charge in [0.15, 0.2) is 11.2 Å². The number of rotatable bonds is 4. The predicted molar refractivity (Wildman–Crippen MR) is 111 cm³/mol. The zero-order valence-electron chi connectivity index (χ0n) is 16.3. The Morgan fingerprint density at radius 2 is 1.97 bits per heavy atom. The van der Waals surface area contributed by atoms with Crippen LogP contribution in [0.3, 0.4) is 0 Å². The van der Waals surface area contributed by atoms with Gasteiger partial charge in [-0.3, -0.25) is 4.79 Å². The van der Waals surface area contributed by atoms with Crippen LogP contribution in [0.4, 0.5) is 0 Å². The van der Waals surface area contributed by atoms with Crippen molar-refractivity contribution in [3.8, 4) is 11.1 Å². The fraction of sp³-hybridized carbons (Fsp3) is 0.364. The summed E-state index contributed by atoms with van der Waals surface area (Å²) in [5.74, 6) is 0.266. The van der Waals surface area contributed by atoms with Gasteiger partial charge < -0.3 is 9.67 Å². The van der Waals surface area contributed by atoms with Gasteiger partial charge in [-0.05, 0) is 43.2 Å². The molecule has 0 aliphatic heterocycles. The number of nitrogens with zero attached hydrogens (tertiary/aromatic N) is 5. The molecule has 7 heteroatoms. The van der Waals surface area contributed by atoms with E-state index < -0.39 is 0 Å². The third kappa shape index (κ3) is 2.84. The van der Waals surface area contributed by atoms with E-state index >= 15 is 0 Å². The molecule has 0 saturated heterocycles. The summed E-state index contributed by atoms with van der Waals surface area (Å²) in [4.78, 5) is 13.1. The lowest BCUT2D eigenvalue weighted by Gasteiger charge is -2.14. The summed E-state index contributed by atoms with van der Waals surface area (Å²) in [6.45, 7) is 2.24. The molecule has 1 saturated carbocycles. The minimum Gasteiger partial charge on any atom is -0.396 e. The monoisotopic (exact) mass is 389 g/mol. The first-order chi connectivity index (χ1) is 14.2. The molecular weight excluding hydrogens is 366 g/mol. The molecule has 5 rings (SSSR count). The second kappa shape index (κ2) is 7.08. The molecule has 1 N–H and O–H groups in total. The molecule has 1 aromatic carbocycles. The van der Waals surface area contributed by atoms with Crippen LogP contribution >= 0.6 is 0 Å². The molecule has 1 fully saturated rings. The van der Waals surface area contributed by atoms with Gasteiger partial charge in [0.25, 0.3) is 5.56 Å². The Morgan fingerprint density at radius 3 is 2.69 bits per heavy atom. The van der Waals surface area contributed by atoms with Gasteiger partial charge in [-0.15, -0.1) is 10.2 Å². The van der Waals surface area contributed by atoms with E-state index in [1.807, 2.05) is 42.6 Å². The number of hydrogen-bond acceptors (Lipinski definition) is 5. The van der Waals surface area contributed by atoms with Crippen LogP contribution in [0.25, 0.3) is 27.8 Å². The van der Waals surface area contributed by atoms with E-state index in [1.54, 1.807) is 9.08 Å². The van der Waals surface area contributed by atoms with Gasteiger partial charge in [-0.2, -0.15) is 5.10 Å². The fourth-order valence-corrected chi connectivity index (χ4v) is 4.51. The molecule has 1 aliphatic carbocycles. The summed E-state index contributed by atoms with van der Waals surface area (Å²) in [7, 11) is 0. The first-order valence-corrected chi connectivity index (χ1v) is 10.2. The molecule has 29 heavy (non-hydrogen) atoms. The first kappa shape index (κ1) is 18.0. The Bertz CT molecular complexity index is 1250. The summed E-state index contributed by atoms with van der Waals surface area (Å²) in [6.07, 6.45) is 5.25. The number of aliphatic hydroxyl groups excluding tert-OH is 1. The van der Waals surface area contributed by atoms with E-state index in [-0.39, 0.29) is 24.1 Å². The molecule has 0 radical (unpaired) electrons. The molecule has 3 aromatic heterocycles. The average molecular weight is 389 g/mol. The molecule has 0 bridgehead atoms. The topological polar surface area (TPSA) is 85.3 Å². The third-order valence-corrected chi connectivity index (χ3v) is 6.04. The number of hydrogen-bond donors (Lipinski definition) is 1. The van der Waals surface area contributed by atoms with Crippen LogP contribution in [0.1, 0.15) is 37.9 Å². The predicted octanol–water partition coefficient (Wildman–Crippen LogP) is 3.00. The molecule has 0 spiro atoms. The quantitative estimate of drug-likeness (QED) is 0.580. The highest BCUT2D eigenvalue weighted by atomic mass is 16.3. The van der Waals surface area contributed by atoms with Crippen molar-refractivity contribution in [3.05, 3.63) is 58.6 Å². The Kier molecular flexibility index (Phi) is 4.39. The molecule has 7 nitrogen and oxygen atoms in total. The number of fused-ring (bicyclic) bond motifs is 3. The normalized spacial score (nSPS) is 19.4. The van der Waals surface area contributed by atoms with Crippen LogP contribution in [0, 0.1) is 5.92 Å². The van der Waals surface area contributed by atoms with E-state index in [9.17, 15) is 9.90 Å². The maximum absolute atomic E-state index is 13.1. The Morgan fingerprint density at radius 1 is 1.14 bits per heavy atom. The molecular formula is C22H23N5O2. The Balaban J connectivity index is 1.69. The summed E-state index contributed by atoms with van der Waals surface area (Å²) in [6, 6.07) is 12.1. The fourth-order valence-electron chi connectivity index (χ4n) is 4.51. The highest BCUT2D eigenvalue weighted by Gasteiger charge is 2.27. The molecule has 1 aliphatic rings. The van der Waals surface area contributed by atoms with Crippen LogP contribution in [-0.2, 0) is 6.42 Å². The minimum atomic E-state index is -0.143. The molecule has 0 amide bonds. The lowest BCUT2D eigenvalue weighted by Crippen LogP contribution is -2.25. The number of aromatic nitrogens is 5. The zero-order chi connectivity index (χ0) is 20.0. The van der Waals surface area contributed by atoms with Crippen molar-refractivity contribution in [2.24, 2.45) is 5.92 Å². The van der Waals surface area contributed by atoms with Gasteiger partial charge in [0.1, 0.15) is 5.52 Å². The molecule has 4 aromatic rings. The highest BCUT2D eigenvalue weighted by molar-refractivity contribution is 5.84. The van der Waals surface area contributed by atoms with Crippen LogP contribution in [0.15, 0.2) is 47.4 Å². The Labute approximate surface area is 167 Å². The van der Waals surface area contributed by atoms with E-state index in [0.717, 1.165) is 42.5 Å². The van der Waals surface area contributed by atoms with Crippen molar-refractivity contribution in [1.82, 2.24) is 24.4 Å². The minimum absolute atomic E-state index is 0.102. The van der Waals surface area contributed by atoms with Crippen molar-refractivity contribution in [2.75, 3.05) is 6.61 Å².